The van der Waals surface area contributed by atoms with Crippen molar-refractivity contribution in [1.82, 2.24) is 9.62 Å². The number of nitrogens with one attached hydrogen (secondary N) is 1. The summed E-state index contributed by atoms with van der Waals surface area (Å²) in [6.45, 7) is 3.88. The van der Waals surface area contributed by atoms with E-state index < -0.39 is 10.0 Å². The Morgan fingerprint density at radius 3 is 2.82 bits per heavy atom. The molecule has 0 saturated carbocycles. The van der Waals surface area contributed by atoms with E-state index in [1.54, 1.807) is 25.4 Å². The van der Waals surface area contributed by atoms with Crippen LogP contribution in [0.3, 0.4) is 0 Å². The lowest BCUT2D eigenvalue weighted by molar-refractivity contribution is 0.405. The lowest BCUT2D eigenvalue weighted by atomic mass is 10.4. The van der Waals surface area contributed by atoms with E-state index in [4.69, 9.17) is 4.42 Å². The molecule has 6 heteroatoms. The molecule has 0 aromatic carbocycles. The molecule has 0 atom stereocenters. The smallest absolute Gasteiger partial charge is 0.214 e. The minimum Gasteiger partial charge on any atom is -0.468 e. The molecule has 1 aromatic heterocycles. The zero-order valence-electron chi connectivity index (χ0n) is 10.3. The number of furan rings is 1. The summed E-state index contributed by atoms with van der Waals surface area (Å²) in [5, 5.41) is 3.10. The van der Waals surface area contributed by atoms with E-state index >= 15 is 0 Å². The molecule has 98 valence electrons. The lowest BCUT2D eigenvalue weighted by Gasteiger charge is -2.15. The predicted molar refractivity (Wildman–Crippen MR) is 67.1 cm³/mol. The molecule has 0 radical (unpaired) electrons. The Morgan fingerprint density at radius 2 is 2.24 bits per heavy atom. The summed E-state index contributed by atoms with van der Waals surface area (Å²) in [6, 6.07) is 3.52. The van der Waals surface area contributed by atoms with Crippen molar-refractivity contribution in [3.05, 3.63) is 24.2 Å². The van der Waals surface area contributed by atoms with Crippen LogP contribution in [-0.2, 0) is 16.6 Å². The van der Waals surface area contributed by atoms with E-state index in [9.17, 15) is 8.42 Å². The van der Waals surface area contributed by atoms with Gasteiger partial charge in [0.2, 0.25) is 10.0 Å². The van der Waals surface area contributed by atoms with Crippen molar-refractivity contribution in [2.45, 2.75) is 19.9 Å². The number of nitrogens with zero attached hydrogens (tertiary/aromatic N) is 1. The van der Waals surface area contributed by atoms with E-state index in [2.05, 4.69) is 5.32 Å². The van der Waals surface area contributed by atoms with Gasteiger partial charge in [0.05, 0.1) is 18.6 Å². The van der Waals surface area contributed by atoms with Gasteiger partial charge in [0, 0.05) is 7.05 Å². The molecule has 0 amide bonds. The summed E-state index contributed by atoms with van der Waals surface area (Å²) >= 11 is 0. The molecular weight excluding hydrogens is 240 g/mol. The summed E-state index contributed by atoms with van der Waals surface area (Å²) in [4.78, 5) is 0. The predicted octanol–water partition coefficient (Wildman–Crippen LogP) is 1.04. The molecule has 0 fully saturated rings. The molecule has 1 heterocycles. The van der Waals surface area contributed by atoms with E-state index in [0.717, 1.165) is 13.1 Å². The Hall–Kier alpha value is -0.850. The van der Waals surface area contributed by atoms with E-state index in [0.29, 0.717) is 12.2 Å². The first kappa shape index (κ1) is 14.2. The van der Waals surface area contributed by atoms with Gasteiger partial charge in [-0.05, 0) is 31.6 Å². The van der Waals surface area contributed by atoms with Crippen LogP contribution < -0.4 is 5.32 Å². The molecular formula is C11H20N2O3S. The van der Waals surface area contributed by atoms with Gasteiger partial charge in [-0.1, -0.05) is 6.92 Å². The van der Waals surface area contributed by atoms with Crippen LogP contribution in [0.15, 0.2) is 22.8 Å². The average molecular weight is 260 g/mol. The van der Waals surface area contributed by atoms with Crippen molar-refractivity contribution in [2.24, 2.45) is 0 Å². The van der Waals surface area contributed by atoms with Gasteiger partial charge in [-0.3, -0.25) is 0 Å². The summed E-state index contributed by atoms with van der Waals surface area (Å²) in [5.74, 6) is 0.819. The molecule has 0 spiro atoms. The van der Waals surface area contributed by atoms with Gasteiger partial charge >= 0.3 is 0 Å². The topological polar surface area (TPSA) is 62.6 Å². The third-order valence-electron chi connectivity index (χ3n) is 2.44. The lowest BCUT2D eigenvalue weighted by Crippen LogP contribution is -2.30. The van der Waals surface area contributed by atoms with Crippen LogP contribution in [0, 0.1) is 0 Å². The van der Waals surface area contributed by atoms with Crippen molar-refractivity contribution in [1.29, 1.82) is 0 Å². The highest BCUT2D eigenvalue weighted by atomic mass is 32.2. The highest BCUT2D eigenvalue weighted by Gasteiger charge is 2.18. The van der Waals surface area contributed by atoms with Gasteiger partial charge in [-0.2, -0.15) is 4.31 Å². The fourth-order valence-corrected chi connectivity index (χ4v) is 2.58. The number of sulfonamides is 1. The van der Waals surface area contributed by atoms with Crippen LogP contribution >= 0.6 is 0 Å². The Balaban J connectivity index is 2.41. The van der Waals surface area contributed by atoms with E-state index in [1.165, 1.54) is 4.31 Å². The average Bonchev–Trinajstić information content (AvgIpc) is 2.77. The molecule has 1 rings (SSSR count). The maximum Gasteiger partial charge on any atom is 0.214 e. The summed E-state index contributed by atoms with van der Waals surface area (Å²) in [7, 11) is -1.61. The molecule has 0 unspecified atom stereocenters. The monoisotopic (exact) mass is 260 g/mol. The Bertz CT molecular complexity index is 400. The maximum atomic E-state index is 11.9. The molecule has 1 aromatic rings. The highest BCUT2D eigenvalue weighted by molar-refractivity contribution is 7.89. The minimum atomic E-state index is -3.18. The quantitative estimate of drug-likeness (QED) is 0.709. The van der Waals surface area contributed by atoms with Gasteiger partial charge in [0.15, 0.2) is 0 Å². The second-order valence-electron chi connectivity index (χ2n) is 3.86. The SMILES string of the molecule is CCNCCCS(=O)(=O)N(C)Cc1ccco1. The van der Waals surface area contributed by atoms with Gasteiger partial charge in [0.25, 0.3) is 0 Å². The third-order valence-corrected chi connectivity index (χ3v) is 4.32. The second kappa shape index (κ2) is 6.78. The highest BCUT2D eigenvalue weighted by Crippen LogP contribution is 2.08. The first-order chi connectivity index (χ1) is 8.06. The minimum absolute atomic E-state index is 0.164. The fourth-order valence-electron chi connectivity index (χ4n) is 1.43. The number of hydrogen-bond acceptors (Lipinski definition) is 4. The zero-order chi connectivity index (χ0) is 12.7. The van der Waals surface area contributed by atoms with Crippen LogP contribution in [0.4, 0.5) is 0 Å². The van der Waals surface area contributed by atoms with Crippen LogP contribution in [0.25, 0.3) is 0 Å². The van der Waals surface area contributed by atoms with E-state index in [1.807, 2.05) is 6.92 Å². The third kappa shape index (κ3) is 4.89. The van der Waals surface area contributed by atoms with Crippen LogP contribution in [-0.4, -0.2) is 38.6 Å². The van der Waals surface area contributed by atoms with Crippen molar-refractivity contribution in [2.75, 3.05) is 25.9 Å². The Kier molecular flexibility index (Phi) is 5.67. The standard InChI is InChI=1S/C11H20N2O3S/c1-3-12-7-5-9-17(14,15)13(2)10-11-6-4-8-16-11/h4,6,8,12H,3,5,7,9-10H2,1-2H3. The first-order valence-corrected chi connectivity index (χ1v) is 7.34. The van der Waals surface area contributed by atoms with Crippen molar-refractivity contribution in [3.63, 3.8) is 0 Å². The summed E-state index contributed by atoms with van der Waals surface area (Å²) in [5.41, 5.74) is 0. The zero-order valence-corrected chi connectivity index (χ0v) is 11.2. The molecule has 0 bridgehead atoms. The number of rotatable bonds is 8. The van der Waals surface area contributed by atoms with Crippen molar-refractivity contribution >= 4 is 10.0 Å². The summed E-state index contributed by atoms with van der Waals surface area (Å²) < 4.78 is 30.2. The van der Waals surface area contributed by atoms with Crippen LogP contribution in [0.5, 0.6) is 0 Å². The first-order valence-electron chi connectivity index (χ1n) is 5.73. The Morgan fingerprint density at radius 1 is 1.47 bits per heavy atom. The number of hydrogen-bond donors (Lipinski definition) is 1. The fraction of sp³-hybridized carbons (Fsp3) is 0.636. The van der Waals surface area contributed by atoms with Crippen molar-refractivity contribution < 1.29 is 12.8 Å². The van der Waals surface area contributed by atoms with Gasteiger partial charge < -0.3 is 9.73 Å². The molecule has 0 aliphatic carbocycles. The van der Waals surface area contributed by atoms with Crippen LogP contribution in [0.2, 0.25) is 0 Å². The molecule has 0 saturated heterocycles. The maximum absolute atomic E-state index is 11.9. The molecule has 17 heavy (non-hydrogen) atoms. The molecule has 5 nitrogen and oxygen atoms in total. The molecule has 0 aliphatic heterocycles. The largest absolute Gasteiger partial charge is 0.468 e. The van der Waals surface area contributed by atoms with Gasteiger partial charge in [0.1, 0.15) is 5.76 Å². The Labute approximate surface area is 103 Å². The molecule has 1 N–H and O–H groups in total. The molecule has 0 aliphatic rings. The van der Waals surface area contributed by atoms with E-state index in [-0.39, 0.29) is 12.3 Å². The van der Waals surface area contributed by atoms with Gasteiger partial charge in [-0.15, -0.1) is 0 Å². The normalized spacial score (nSPS) is 12.2. The summed E-state index contributed by atoms with van der Waals surface area (Å²) in [6.07, 6.45) is 2.17. The second-order valence-corrected chi connectivity index (χ2v) is 6.05. The van der Waals surface area contributed by atoms with Crippen molar-refractivity contribution in [3.8, 4) is 0 Å². The van der Waals surface area contributed by atoms with Gasteiger partial charge in [-0.25, -0.2) is 8.42 Å². The van der Waals surface area contributed by atoms with Crippen LogP contribution in [0.1, 0.15) is 19.1 Å².